The molecule has 2 heterocycles. The minimum atomic E-state index is -0.579. The summed E-state index contributed by atoms with van der Waals surface area (Å²) in [4.78, 5) is 28.5. The van der Waals surface area contributed by atoms with Gasteiger partial charge in [-0.15, -0.1) is 11.3 Å². The number of nitrogens with zero attached hydrogens (tertiary/aromatic N) is 1. The molecule has 0 saturated heterocycles. The van der Waals surface area contributed by atoms with Crippen molar-refractivity contribution in [2.24, 2.45) is 0 Å². The summed E-state index contributed by atoms with van der Waals surface area (Å²) < 4.78 is 0. The van der Waals surface area contributed by atoms with Crippen molar-refractivity contribution in [3.8, 4) is 20.9 Å². The van der Waals surface area contributed by atoms with Crippen molar-refractivity contribution >= 4 is 17.0 Å². The van der Waals surface area contributed by atoms with E-state index in [-0.39, 0.29) is 5.69 Å². The van der Waals surface area contributed by atoms with E-state index in [4.69, 9.17) is 5.73 Å². The number of nitrogen functional groups attached to an aromatic ring is 1. The predicted molar refractivity (Wildman–Crippen MR) is 77.0 cm³/mol. The van der Waals surface area contributed by atoms with E-state index in [0.717, 1.165) is 21.0 Å². The minimum absolute atomic E-state index is 0.0734. The van der Waals surface area contributed by atoms with Gasteiger partial charge in [-0.2, -0.15) is 0 Å². The molecule has 3 aromatic rings. The van der Waals surface area contributed by atoms with Gasteiger partial charge in [0.05, 0.1) is 11.3 Å². The lowest BCUT2D eigenvalue weighted by Crippen LogP contribution is -2.35. The van der Waals surface area contributed by atoms with Gasteiger partial charge in [-0.25, -0.2) is 0 Å². The third-order valence-electron chi connectivity index (χ3n) is 2.98. The average Bonchev–Trinajstić information content (AvgIpc) is 2.88. The molecule has 2 N–H and O–H groups in total. The van der Waals surface area contributed by atoms with Gasteiger partial charge in [0.2, 0.25) is 10.9 Å². The summed E-state index contributed by atoms with van der Waals surface area (Å²) in [5, 5.41) is 0. The molecule has 0 amide bonds. The van der Waals surface area contributed by atoms with E-state index < -0.39 is 10.9 Å². The van der Waals surface area contributed by atoms with Crippen molar-refractivity contribution in [3.63, 3.8) is 0 Å². The molecule has 0 spiro atoms. The summed E-state index contributed by atoms with van der Waals surface area (Å²) in [7, 11) is 0. The lowest BCUT2D eigenvalue weighted by molar-refractivity contribution is 1.20. The smallest absolute Gasteiger partial charge is 0.250 e. The summed E-state index contributed by atoms with van der Waals surface area (Å²) in [6.45, 7) is 1.92. The van der Waals surface area contributed by atoms with Crippen LogP contribution in [0.3, 0.4) is 0 Å². The number of thiophene rings is 1. The lowest BCUT2D eigenvalue weighted by atomic mass is 10.1. The number of anilines is 1. The van der Waals surface area contributed by atoms with Crippen molar-refractivity contribution in [1.29, 1.82) is 0 Å². The van der Waals surface area contributed by atoms with Gasteiger partial charge in [0.25, 0.3) is 0 Å². The van der Waals surface area contributed by atoms with Gasteiger partial charge < -0.3 is 5.73 Å². The number of hydrogen-bond donors (Lipinski definition) is 1. The Bertz CT molecular complexity index is 841. The summed E-state index contributed by atoms with van der Waals surface area (Å²) >= 11 is 1.45. The third kappa shape index (κ3) is 1.79. The second kappa shape index (κ2) is 4.13. The molecule has 5 heteroatoms. The van der Waals surface area contributed by atoms with E-state index in [1.54, 1.807) is 6.20 Å². The van der Waals surface area contributed by atoms with Crippen LogP contribution in [0.1, 0.15) is 5.69 Å². The SMILES string of the molecule is Cc1cc(-c2ccc(-c3c(N)c(=O)c3=O)s2)ccn1. The summed E-state index contributed by atoms with van der Waals surface area (Å²) in [6.07, 6.45) is 1.75. The van der Waals surface area contributed by atoms with Crippen LogP contribution in [0.5, 0.6) is 0 Å². The van der Waals surface area contributed by atoms with Crippen LogP contribution in [0.15, 0.2) is 40.1 Å². The fourth-order valence-electron chi connectivity index (χ4n) is 1.98. The summed E-state index contributed by atoms with van der Waals surface area (Å²) in [5.41, 5.74) is 6.90. The Morgan fingerprint density at radius 3 is 2.53 bits per heavy atom. The molecule has 0 aliphatic heterocycles. The topological polar surface area (TPSA) is 73.1 Å². The van der Waals surface area contributed by atoms with E-state index in [2.05, 4.69) is 4.98 Å². The fourth-order valence-corrected chi connectivity index (χ4v) is 3.04. The number of rotatable bonds is 2. The van der Waals surface area contributed by atoms with Crippen LogP contribution >= 0.6 is 11.3 Å². The van der Waals surface area contributed by atoms with Gasteiger partial charge in [-0.3, -0.25) is 14.6 Å². The number of pyridine rings is 1. The van der Waals surface area contributed by atoms with E-state index >= 15 is 0 Å². The van der Waals surface area contributed by atoms with Gasteiger partial charge in [0, 0.05) is 21.6 Å². The van der Waals surface area contributed by atoms with E-state index in [1.807, 2.05) is 31.2 Å². The van der Waals surface area contributed by atoms with Crippen molar-refractivity contribution < 1.29 is 0 Å². The second-order valence-corrected chi connectivity index (χ2v) is 5.38. The fraction of sp³-hybridized carbons (Fsp3) is 0.0714. The molecule has 0 saturated carbocycles. The molecule has 2 aromatic heterocycles. The number of nitrogens with two attached hydrogens (primary N) is 1. The zero-order valence-electron chi connectivity index (χ0n) is 10.1. The maximum Gasteiger partial charge on any atom is 0.250 e. The van der Waals surface area contributed by atoms with E-state index in [1.165, 1.54) is 11.3 Å². The molecule has 0 atom stereocenters. The lowest BCUT2D eigenvalue weighted by Gasteiger charge is -2.03. The molecule has 0 aliphatic rings. The summed E-state index contributed by atoms with van der Waals surface area (Å²) in [5.74, 6) is 0. The van der Waals surface area contributed by atoms with E-state index in [9.17, 15) is 9.59 Å². The highest BCUT2D eigenvalue weighted by molar-refractivity contribution is 7.18. The molecule has 1 aromatic carbocycles. The van der Waals surface area contributed by atoms with Gasteiger partial charge in [-0.1, -0.05) is 0 Å². The van der Waals surface area contributed by atoms with Crippen LogP contribution in [-0.4, -0.2) is 4.98 Å². The molecular formula is C14H10N2O2S. The zero-order chi connectivity index (χ0) is 13.6. The molecule has 0 fully saturated rings. The van der Waals surface area contributed by atoms with Crippen LogP contribution in [0.4, 0.5) is 5.69 Å². The minimum Gasteiger partial charge on any atom is -0.395 e. The van der Waals surface area contributed by atoms with Crippen molar-refractivity contribution in [3.05, 3.63) is 56.6 Å². The third-order valence-corrected chi connectivity index (χ3v) is 4.13. The first-order valence-electron chi connectivity index (χ1n) is 5.70. The maximum absolute atomic E-state index is 11.5. The van der Waals surface area contributed by atoms with Gasteiger partial charge >= 0.3 is 0 Å². The Kier molecular flexibility index (Phi) is 2.57. The van der Waals surface area contributed by atoms with Crippen LogP contribution in [0.2, 0.25) is 0 Å². The monoisotopic (exact) mass is 270 g/mol. The van der Waals surface area contributed by atoms with Crippen LogP contribution < -0.4 is 16.6 Å². The molecular weight excluding hydrogens is 260 g/mol. The molecule has 0 aliphatic carbocycles. The highest BCUT2D eigenvalue weighted by Gasteiger charge is 2.21. The first-order valence-corrected chi connectivity index (χ1v) is 6.51. The highest BCUT2D eigenvalue weighted by Crippen LogP contribution is 2.35. The molecule has 4 nitrogen and oxygen atoms in total. The number of hydrogen-bond acceptors (Lipinski definition) is 5. The second-order valence-electron chi connectivity index (χ2n) is 4.30. The molecule has 3 rings (SSSR count). The first kappa shape index (κ1) is 11.8. The van der Waals surface area contributed by atoms with Crippen molar-refractivity contribution in [2.75, 3.05) is 5.73 Å². The van der Waals surface area contributed by atoms with Crippen LogP contribution in [-0.2, 0) is 0 Å². The standard InChI is InChI=1S/C14H10N2O2S/c1-7-6-8(4-5-16-7)9-2-3-10(19-9)11-12(15)14(18)13(11)17/h2-6H,15H2,1H3. The van der Waals surface area contributed by atoms with Gasteiger partial charge in [-0.05, 0) is 36.8 Å². The van der Waals surface area contributed by atoms with Gasteiger partial charge in [0.1, 0.15) is 0 Å². The molecule has 0 bridgehead atoms. The van der Waals surface area contributed by atoms with Crippen LogP contribution in [0, 0.1) is 6.92 Å². The molecule has 0 unspecified atom stereocenters. The predicted octanol–water partition coefficient (Wildman–Crippen LogP) is 1.96. The molecule has 94 valence electrons. The van der Waals surface area contributed by atoms with Crippen molar-refractivity contribution in [2.45, 2.75) is 6.92 Å². The zero-order valence-corrected chi connectivity index (χ0v) is 11.0. The largest absolute Gasteiger partial charge is 0.395 e. The maximum atomic E-state index is 11.5. The Balaban J connectivity index is 2.06. The Hall–Kier alpha value is -2.27. The number of aromatic nitrogens is 1. The molecule has 19 heavy (non-hydrogen) atoms. The van der Waals surface area contributed by atoms with E-state index in [0.29, 0.717) is 5.56 Å². The molecule has 0 radical (unpaired) electrons. The Labute approximate surface area is 112 Å². The first-order chi connectivity index (χ1) is 9.08. The van der Waals surface area contributed by atoms with Crippen LogP contribution in [0.25, 0.3) is 20.9 Å². The average molecular weight is 270 g/mol. The summed E-state index contributed by atoms with van der Waals surface area (Å²) in [6, 6.07) is 7.63. The Morgan fingerprint density at radius 1 is 1.11 bits per heavy atom. The Morgan fingerprint density at radius 2 is 1.84 bits per heavy atom. The number of aryl methyl sites for hydroxylation is 1. The van der Waals surface area contributed by atoms with Gasteiger partial charge in [0.15, 0.2) is 0 Å². The van der Waals surface area contributed by atoms with Crippen molar-refractivity contribution in [1.82, 2.24) is 4.98 Å². The quantitative estimate of drug-likeness (QED) is 0.722. The normalized spacial score (nSPS) is 11.0. The highest BCUT2D eigenvalue weighted by atomic mass is 32.1.